The van der Waals surface area contributed by atoms with Gasteiger partial charge in [-0.2, -0.15) is 0 Å². The zero-order chi connectivity index (χ0) is 48.0. The number of para-hydroxylation sites is 4. The molecule has 5 nitrogen and oxygen atoms in total. The fourth-order valence-corrected chi connectivity index (χ4v) is 11.1. The zero-order valence-electron chi connectivity index (χ0n) is 39.4. The molecule has 5 heteroatoms. The lowest BCUT2D eigenvalue weighted by Crippen LogP contribution is -2.11. The molecule has 0 N–H and O–H groups in total. The van der Waals surface area contributed by atoms with Gasteiger partial charge in [-0.15, -0.1) is 0 Å². The molecule has 3 aromatic heterocycles. The van der Waals surface area contributed by atoms with Crippen LogP contribution in [0.3, 0.4) is 0 Å². The number of fused-ring (bicyclic) bond motifs is 11. The quantitative estimate of drug-likeness (QED) is 0.152. The number of benzene rings is 12. The third-order valence-corrected chi connectivity index (χ3v) is 14.5. The van der Waals surface area contributed by atoms with Crippen LogP contribution in [0.5, 0.6) is 0 Å². The van der Waals surface area contributed by atoms with Gasteiger partial charge < -0.3 is 23.1 Å². The molecule has 0 saturated carbocycles. The third kappa shape index (κ3) is 6.78. The lowest BCUT2D eigenvalue weighted by Gasteiger charge is -2.28. The summed E-state index contributed by atoms with van der Waals surface area (Å²) >= 11 is 0. The molecule has 0 fully saturated rings. The summed E-state index contributed by atoms with van der Waals surface area (Å²) in [5.74, 6) is 0. The van der Waals surface area contributed by atoms with E-state index in [0.717, 1.165) is 144 Å². The van der Waals surface area contributed by atoms with Crippen LogP contribution in [0.4, 0.5) is 34.1 Å². The molecule has 0 unspecified atom stereocenters. The molecule has 0 atom stereocenters. The Morgan fingerprint density at radius 3 is 1.01 bits per heavy atom. The maximum atomic E-state index is 6.86. The third-order valence-electron chi connectivity index (χ3n) is 14.5. The first-order valence-corrected chi connectivity index (χ1v) is 24.7. The standard InChI is InChI=1S/C68H42N2O3/c1-5-17-43(18-6-1)55-39-59-53-25-13-15-27-63(53)71-67(59)41-61(55)69(49-21-9-3-10-22-49)51-31-29-45-35-57-58-36-46-30-32-52(34-48(46)38-66(58)73-65(57)37-47(45)33-51)70(50-23-11-4-12-24-50)62-42-68-60(54-26-14-16-28-64(54)72-68)40-56(62)44-19-7-2-8-20-44/h1-42H. The van der Waals surface area contributed by atoms with E-state index < -0.39 is 0 Å². The van der Waals surface area contributed by atoms with Crippen molar-refractivity contribution in [1.29, 1.82) is 0 Å². The van der Waals surface area contributed by atoms with Crippen LogP contribution in [-0.2, 0) is 0 Å². The average molecular weight is 935 g/mol. The molecular formula is C68H42N2O3. The summed E-state index contributed by atoms with van der Waals surface area (Å²) in [5.41, 5.74) is 15.8. The number of furan rings is 3. The highest BCUT2D eigenvalue weighted by atomic mass is 16.3. The van der Waals surface area contributed by atoms with Gasteiger partial charge >= 0.3 is 0 Å². The Kier molecular flexibility index (Phi) is 9.19. The van der Waals surface area contributed by atoms with Crippen molar-refractivity contribution < 1.29 is 13.3 Å². The van der Waals surface area contributed by atoms with E-state index in [1.807, 2.05) is 24.3 Å². The molecule has 342 valence electrons. The summed E-state index contributed by atoms with van der Waals surface area (Å²) in [6.45, 7) is 0. The van der Waals surface area contributed by atoms with Crippen LogP contribution in [0.25, 0.3) is 110 Å². The van der Waals surface area contributed by atoms with E-state index in [0.29, 0.717) is 0 Å². The number of hydrogen-bond donors (Lipinski definition) is 0. The second kappa shape index (κ2) is 16.4. The number of hydrogen-bond acceptors (Lipinski definition) is 5. The summed E-state index contributed by atoms with van der Waals surface area (Å²) in [7, 11) is 0. The van der Waals surface area contributed by atoms with E-state index in [1.165, 1.54) is 0 Å². The SMILES string of the molecule is c1ccc(-c2cc3c(cc2N(c2ccccc2)c2ccc4cc5c(cc4c2)oc2cc4cc(N(c6ccccc6)c6cc7oc8ccccc8c7cc6-c6ccccc6)ccc4cc25)oc2ccccc23)cc1. The maximum Gasteiger partial charge on any atom is 0.137 e. The molecule has 3 heterocycles. The Balaban J connectivity index is 0.872. The molecule has 0 saturated heterocycles. The minimum Gasteiger partial charge on any atom is -0.456 e. The van der Waals surface area contributed by atoms with Gasteiger partial charge in [-0.1, -0.05) is 146 Å². The van der Waals surface area contributed by atoms with Gasteiger partial charge in [0.1, 0.15) is 33.5 Å². The molecule has 15 aromatic rings. The van der Waals surface area contributed by atoms with E-state index in [-0.39, 0.29) is 0 Å². The molecule has 0 bridgehead atoms. The zero-order valence-corrected chi connectivity index (χ0v) is 39.4. The fraction of sp³-hybridized carbons (Fsp3) is 0. The second-order valence-electron chi connectivity index (χ2n) is 18.9. The van der Waals surface area contributed by atoms with Crippen molar-refractivity contribution in [2.45, 2.75) is 0 Å². The van der Waals surface area contributed by atoms with Crippen LogP contribution < -0.4 is 9.80 Å². The second-order valence-corrected chi connectivity index (χ2v) is 18.9. The van der Waals surface area contributed by atoms with Crippen LogP contribution in [-0.4, -0.2) is 0 Å². The fourth-order valence-electron chi connectivity index (χ4n) is 11.1. The van der Waals surface area contributed by atoms with E-state index in [9.17, 15) is 0 Å². The summed E-state index contributed by atoms with van der Waals surface area (Å²) in [4.78, 5) is 4.69. The van der Waals surface area contributed by atoms with Crippen molar-refractivity contribution in [1.82, 2.24) is 0 Å². The summed E-state index contributed by atoms with van der Waals surface area (Å²) in [6.07, 6.45) is 0. The van der Waals surface area contributed by atoms with Crippen molar-refractivity contribution >= 4 is 121 Å². The van der Waals surface area contributed by atoms with Crippen LogP contribution in [0.2, 0.25) is 0 Å². The number of rotatable bonds is 8. The summed E-state index contributed by atoms with van der Waals surface area (Å²) in [5, 5.41) is 11.0. The van der Waals surface area contributed by atoms with Gasteiger partial charge in [-0.25, -0.2) is 0 Å². The van der Waals surface area contributed by atoms with E-state index in [2.05, 4.69) is 240 Å². The largest absolute Gasteiger partial charge is 0.456 e. The van der Waals surface area contributed by atoms with Gasteiger partial charge in [-0.3, -0.25) is 0 Å². The smallest absolute Gasteiger partial charge is 0.137 e. The Morgan fingerprint density at radius 2 is 0.575 bits per heavy atom. The summed E-state index contributed by atoms with van der Waals surface area (Å²) < 4.78 is 19.9. The van der Waals surface area contributed by atoms with Gasteiger partial charge in [0, 0.05) is 78.3 Å². The molecule has 0 aliphatic carbocycles. The predicted octanol–water partition coefficient (Wildman–Crippen LogP) is 20.0. The predicted molar refractivity (Wildman–Crippen MR) is 304 cm³/mol. The first-order valence-electron chi connectivity index (χ1n) is 24.7. The van der Waals surface area contributed by atoms with Crippen molar-refractivity contribution in [2.75, 3.05) is 9.80 Å². The Bertz CT molecular complexity index is 4320. The van der Waals surface area contributed by atoms with Gasteiger partial charge in [0.25, 0.3) is 0 Å². The molecule has 0 aliphatic heterocycles. The minimum absolute atomic E-state index is 0.840. The number of anilines is 6. The van der Waals surface area contributed by atoms with E-state index >= 15 is 0 Å². The average Bonchev–Trinajstić information content (AvgIpc) is 4.13. The summed E-state index contributed by atoms with van der Waals surface area (Å²) in [6, 6.07) is 90.4. The van der Waals surface area contributed by atoms with Crippen molar-refractivity contribution in [3.8, 4) is 22.3 Å². The molecule has 73 heavy (non-hydrogen) atoms. The monoisotopic (exact) mass is 934 g/mol. The maximum absolute atomic E-state index is 6.86. The molecule has 12 aromatic carbocycles. The van der Waals surface area contributed by atoms with Gasteiger partial charge in [-0.05, 0) is 130 Å². The molecular weight excluding hydrogens is 893 g/mol. The molecule has 0 spiro atoms. The van der Waals surface area contributed by atoms with Crippen molar-refractivity contribution in [3.05, 3.63) is 255 Å². The molecule has 0 radical (unpaired) electrons. The molecule has 0 amide bonds. The lowest BCUT2D eigenvalue weighted by molar-refractivity contribution is 0.668. The van der Waals surface area contributed by atoms with Crippen molar-refractivity contribution in [2.24, 2.45) is 0 Å². The Labute approximate surface area is 419 Å². The molecule has 15 rings (SSSR count). The highest BCUT2D eigenvalue weighted by molar-refractivity contribution is 6.15. The van der Waals surface area contributed by atoms with Gasteiger partial charge in [0.05, 0.1) is 11.4 Å². The van der Waals surface area contributed by atoms with Crippen LogP contribution >= 0.6 is 0 Å². The van der Waals surface area contributed by atoms with Crippen LogP contribution in [0, 0.1) is 0 Å². The van der Waals surface area contributed by atoms with Gasteiger partial charge in [0.2, 0.25) is 0 Å². The Morgan fingerprint density at radius 1 is 0.219 bits per heavy atom. The van der Waals surface area contributed by atoms with E-state index in [1.54, 1.807) is 0 Å². The topological polar surface area (TPSA) is 45.9 Å². The van der Waals surface area contributed by atoms with Crippen LogP contribution in [0.15, 0.2) is 268 Å². The Hall–Kier alpha value is -9.84. The number of nitrogens with zero attached hydrogens (tertiary/aromatic N) is 2. The first kappa shape index (κ1) is 41.0. The normalized spacial score (nSPS) is 11.8. The van der Waals surface area contributed by atoms with E-state index in [4.69, 9.17) is 13.3 Å². The van der Waals surface area contributed by atoms with Crippen molar-refractivity contribution in [3.63, 3.8) is 0 Å². The van der Waals surface area contributed by atoms with Crippen LogP contribution in [0.1, 0.15) is 0 Å². The first-order chi connectivity index (χ1) is 36.1. The molecule has 0 aliphatic rings. The highest BCUT2D eigenvalue weighted by Gasteiger charge is 2.24. The highest BCUT2D eigenvalue weighted by Crippen LogP contribution is 2.48. The minimum atomic E-state index is 0.840. The van der Waals surface area contributed by atoms with Gasteiger partial charge in [0.15, 0.2) is 0 Å². The lowest BCUT2D eigenvalue weighted by atomic mass is 9.98.